The second-order valence-electron chi connectivity index (χ2n) is 6.40. The third kappa shape index (κ3) is 3.86. The number of aromatic nitrogens is 4. The van der Waals surface area contributed by atoms with Gasteiger partial charge in [0.15, 0.2) is 17.4 Å². The van der Waals surface area contributed by atoms with E-state index in [1.165, 1.54) is 10.9 Å². The monoisotopic (exact) mass is 523 g/mol. The molecule has 0 aromatic carbocycles. The third-order valence-corrected chi connectivity index (χ3v) is 8.56. The van der Waals surface area contributed by atoms with Gasteiger partial charge in [0.05, 0.1) is 24.0 Å². The third-order valence-electron chi connectivity index (χ3n) is 4.47. The molecule has 2 aliphatic heterocycles. The van der Waals surface area contributed by atoms with E-state index in [1.807, 2.05) is 0 Å². The number of alkyl halides is 1. The van der Waals surface area contributed by atoms with Crippen LogP contribution in [0.5, 0.6) is 0 Å². The Morgan fingerprint density at radius 1 is 1.47 bits per heavy atom. The lowest BCUT2D eigenvalue weighted by molar-refractivity contribution is -0.133. The number of hydrogen-bond donors (Lipinski definition) is 3. The highest BCUT2D eigenvalue weighted by molar-refractivity contribution is 9.09. The first kappa shape index (κ1) is 21.6. The van der Waals surface area contributed by atoms with Gasteiger partial charge in [0, 0.05) is 0 Å². The fourth-order valence-electron chi connectivity index (χ4n) is 3.05. The van der Waals surface area contributed by atoms with Crippen molar-refractivity contribution < 1.29 is 33.0 Å². The molecule has 0 spiro atoms. The van der Waals surface area contributed by atoms with Gasteiger partial charge in [-0.3, -0.25) is 33.0 Å². The number of nitrogen functional groups attached to an aromatic ring is 1. The number of ketones is 2. The molecule has 2 saturated heterocycles. The van der Waals surface area contributed by atoms with E-state index < -0.39 is 54.2 Å². The summed E-state index contributed by atoms with van der Waals surface area (Å²) in [7, 11) is 0. The number of rotatable bonds is 6. The number of ether oxygens (including phenoxy) is 1. The molecule has 4 N–H and O–H groups in total. The highest BCUT2D eigenvalue weighted by atomic mass is 79.9. The van der Waals surface area contributed by atoms with Crippen molar-refractivity contribution in [2.45, 2.75) is 24.5 Å². The topological polar surface area (TPSA) is 189 Å². The summed E-state index contributed by atoms with van der Waals surface area (Å²) in [5.41, 5.74) is 5.12. The summed E-state index contributed by atoms with van der Waals surface area (Å²) in [6, 6.07) is 0. The van der Waals surface area contributed by atoms with Gasteiger partial charge in [-0.2, -0.15) is 4.98 Å². The number of halogens is 1. The Kier molecular flexibility index (Phi) is 5.87. The van der Waals surface area contributed by atoms with Crippen LogP contribution in [0.4, 0.5) is 5.95 Å². The molecule has 13 nitrogen and oxygen atoms in total. The zero-order chi connectivity index (χ0) is 21.6. The fraction of sp³-hybridized carbons (Fsp3) is 0.500. The predicted octanol–water partition coefficient (Wildman–Crippen LogP) is -0.250. The molecule has 0 saturated carbocycles. The number of anilines is 1. The fourth-order valence-corrected chi connectivity index (χ4v) is 6.59. The Morgan fingerprint density at radius 3 is 2.97 bits per heavy atom. The zero-order valence-corrected chi connectivity index (χ0v) is 18.3. The Morgan fingerprint density at radius 2 is 2.23 bits per heavy atom. The molecule has 0 radical (unpaired) electrons. The quantitative estimate of drug-likeness (QED) is 0.256. The normalized spacial score (nSPS) is 31.0. The van der Waals surface area contributed by atoms with E-state index >= 15 is 0 Å². The maximum atomic E-state index is 12.8. The summed E-state index contributed by atoms with van der Waals surface area (Å²) in [4.78, 5) is 45.3. The van der Waals surface area contributed by atoms with Crippen molar-refractivity contribution in [3.05, 3.63) is 16.7 Å². The van der Waals surface area contributed by atoms with Gasteiger partial charge in [0.25, 0.3) is 5.56 Å². The second-order valence-corrected chi connectivity index (χ2v) is 11.0. The highest BCUT2D eigenvalue weighted by Crippen LogP contribution is 2.65. The van der Waals surface area contributed by atoms with Gasteiger partial charge in [-0.05, 0) is 11.4 Å². The maximum absolute atomic E-state index is 12.8. The van der Waals surface area contributed by atoms with Crippen LogP contribution in [-0.4, -0.2) is 72.2 Å². The van der Waals surface area contributed by atoms with E-state index in [4.69, 9.17) is 19.5 Å². The minimum atomic E-state index is -3.82. The lowest BCUT2D eigenvalue weighted by atomic mass is 10.1. The molecule has 0 aliphatic carbocycles. The number of carbonyl (C=O) groups excluding carboxylic acids is 2. The van der Waals surface area contributed by atoms with E-state index in [9.17, 15) is 24.1 Å². The van der Waals surface area contributed by atoms with E-state index in [0.29, 0.717) is 11.4 Å². The molecule has 2 aromatic heterocycles. The number of Topliss-reactive ketones (excluding diaryl/α,β-unsaturated/α-hetero) is 2. The summed E-state index contributed by atoms with van der Waals surface area (Å²) in [6.07, 6.45) is -2.93. The van der Waals surface area contributed by atoms with Crippen molar-refractivity contribution in [2.24, 2.45) is 0 Å². The van der Waals surface area contributed by atoms with Crippen LogP contribution in [0.15, 0.2) is 11.1 Å². The van der Waals surface area contributed by atoms with Crippen LogP contribution >= 0.6 is 34.1 Å². The molecule has 2 aromatic rings. The van der Waals surface area contributed by atoms with Gasteiger partial charge in [-0.15, -0.1) is 0 Å². The largest absolute Gasteiger partial charge is 0.390 e. The minimum absolute atomic E-state index is 0.00300. The second kappa shape index (κ2) is 8.15. The molecule has 4 heterocycles. The number of aliphatic hydroxyl groups is 1. The smallest absolute Gasteiger partial charge is 0.386 e. The van der Waals surface area contributed by atoms with Crippen molar-refractivity contribution in [3.8, 4) is 0 Å². The number of nitrogens with two attached hydrogens (primary N) is 1. The van der Waals surface area contributed by atoms with Crippen LogP contribution in [0.25, 0.3) is 11.2 Å². The van der Waals surface area contributed by atoms with Crippen molar-refractivity contribution in [2.75, 3.05) is 23.4 Å². The van der Waals surface area contributed by atoms with Crippen LogP contribution in [0.2, 0.25) is 0 Å². The van der Waals surface area contributed by atoms with E-state index in [2.05, 4.69) is 30.9 Å². The van der Waals surface area contributed by atoms with Gasteiger partial charge in [-0.25, -0.2) is 9.55 Å². The zero-order valence-electron chi connectivity index (χ0n) is 15.0. The lowest BCUT2D eigenvalue weighted by Crippen LogP contribution is -2.39. The number of hydrogen-bond acceptors (Lipinski definition) is 12. The first-order chi connectivity index (χ1) is 14.2. The SMILES string of the molecule is Nc1nc2c(ncn2C2OC3COP(=O)(SCC(=O)C(=O)CBr)OC3C2O)c(=O)[nH]1. The molecule has 0 amide bonds. The molecular formula is C14H15BrN5O8PS. The van der Waals surface area contributed by atoms with Gasteiger partial charge in [0.1, 0.15) is 18.3 Å². The van der Waals surface area contributed by atoms with E-state index in [-0.39, 0.29) is 29.0 Å². The van der Waals surface area contributed by atoms with Crippen LogP contribution < -0.4 is 11.3 Å². The standard InChI is InChI=1S/C14H15BrN5O8PS/c15-1-5(21)6(22)3-30-29(25)26-2-7-10(28-29)9(23)13(27-7)20-4-17-8-11(20)18-14(16)19-12(8)24/h4,7,9-10,13,23H,1-3H2,(H3,16,18,19,24). The summed E-state index contributed by atoms with van der Waals surface area (Å²) < 4.78 is 30.6. The average molecular weight is 524 g/mol. The average Bonchev–Trinajstić information content (AvgIpc) is 3.26. The first-order valence-electron chi connectivity index (χ1n) is 8.48. The molecule has 2 aliphatic rings. The number of nitrogens with one attached hydrogen (secondary N) is 1. The Balaban J connectivity index is 1.53. The van der Waals surface area contributed by atoms with Crippen molar-refractivity contribution in [1.82, 2.24) is 19.5 Å². The van der Waals surface area contributed by atoms with E-state index in [0.717, 1.165) is 0 Å². The molecule has 162 valence electrons. The number of aliphatic hydroxyl groups excluding tert-OH is 1. The number of carbonyl (C=O) groups is 2. The first-order valence-corrected chi connectivity index (χ1v) is 12.7. The summed E-state index contributed by atoms with van der Waals surface area (Å²) in [5, 5.41) is 10.6. The lowest BCUT2D eigenvalue weighted by Gasteiger charge is -2.30. The molecule has 16 heteroatoms. The molecule has 5 unspecified atom stereocenters. The number of H-pyrrole nitrogens is 1. The number of nitrogens with zero attached hydrogens (tertiary/aromatic N) is 3. The van der Waals surface area contributed by atoms with Crippen molar-refractivity contribution >= 4 is 62.8 Å². The van der Waals surface area contributed by atoms with E-state index in [1.54, 1.807) is 0 Å². The van der Waals surface area contributed by atoms with Crippen molar-refractivity contribution in [1.29, 1.82) is 0 Å². The minimum Gasteiger partial charge on any atom is -0.386 e. The molecule has 2 fully saturated rings. The Labute approximate surface area is 180 Å². The summed E-state index contributed by atoms with van der Waals surface area (Å²) in [6.45, 7) is -3.99. The number of imidazole rings is 1. The van der Waals surface area contributed by atoms with Crippen LogP contribution in [0.3, 0.4) is 0 Å². The molecule has 4 rings (SSSR count). The molecule has 30 heavy (non-hydrogen) atoms. The van der Waals surface area contributed by atoms with Gasteiger partial charge in [-0.1, -0.05) is 15.9 Å². The Hall–Kier alpha value is -1.61. The van der Waals surface area contributed by atoms with Gasteiger partial charge < -0.3 is 15.6 Å². The van der Waals surface area contributed by atoms with Gasteiger partial charge >= 0.3 is 6.80 Å². The van der Waals surface area contributed by atoms with Crippen LogP contribution in [-0.2, 0) is 27.9 Å². The highest BCUT2D eigenvalue weighted by Gasteiger charge is 2.53. The molecular weight excluding hydrogens is 509 g/mol. The van der Waals surface area contributed by atoms with Crippen molar-refractivity contribution in [3.63, 3.8) is 0 Å². The molecule has 5 atom stereocenters. The Bertz CT molecular complexity index is 1120. The summed E-state index contributed by atoms with van der Waals surface area (Å²) in [5.74, 6) is -1.93. The maximum Gasteiger partial charge on any atom is 0.390 e. The molecule has 0 bridgehead atoms. The predicted molar refractivity (Wildman–Crippen MR) is 107 cm³/mol. The van der Waals surface area contributed by atoms with Gasteiger partial charge in [0.2, 0.25) is 17.5 Å². The number of aromatic amines is 1. The van der Waals surface area contributed by atoms with Crippen LogP contribution in [0, 0.1) is 0 Å². The number of fused-ring (bicyclic) bond motifs is 2. The summed E-state index contributed by atoms with van der Waals surface area (Å²) >= 11 is 3.46. The van der Waals surface area contributed by atoms with Crippen LogP contribution in [0.1, 0.15) is 6.23 Å².